The van der Waals surface area contributed by atoms with E-state index in [-0.39, 0.29) is 0 Å². The quantitative estimate of drug-likeness (QED) is 0.636. The third-order valence-electron chi connectivity index (χ3n) is 3.13. The van der Waals surface area contributed by atoms with Crippen LogP contribution in [0.4, 0.5) is 0 Å². The van der Waals surface area contributed by atoms with E-state index in [0.29, 0.717) is 15.8 Å². The number of rotatable bonds is 1. The number of fused-ring (bicyclic) bond motifs is 1. The third-order valence-corrected chi connectivity index (χ3v) is 3.43. The molecule has 96 valence electrons. The van der Waals surface area contributed by atoms with Gasteiger partial charge in [0, 0.05) is 0 Å². The fraction of sp³-hybridized carbons (Fsp3) is 0.500. The predicted octanol–water partition coefficient (Wildman–Crippen LogP) is 0.128. The van der Waals surface area contributed by atoms with Crippen LogP contribution in [0.3, 0.4) is 0 Å². The van der Waals surface area contributed by atoms with Crippen molar-refractivity contribution in [1.82, 2.24) is 19.5 Å². The highest BCUT2D eigenvalue weighted by Crippen LogP contribution is 2.30. The Bertz CT molecular complexity index is 639. The predicted molar refractivity (Wildman–Crippen MR) is 64.3 cm³/mol. The van der Waals surface area contributed by atoms with Crippen LogP contribution in [-0.2, 0) is 4.74 Å². The lowest BCUT2D eigenvalue weighted by atomic mass is 10.1. The molecule has 0 spiro atoms. The Labute approximate surface area is 107 Å². The van der Waals surface area contributed by atoms with Crippen molar-refractivity contribution in [2.75, 3.05) is 0 Å². The monoisotopic (exact) mass is 268 g/mol. The van der Waals surface area contributed by atoms with Gasteiger partial charge in [0.05, 0.1) is 18.8 Å². The van der Waals surface area contributed by atoms with Gasteiger partial charge >= 0.3 is 0 Å². The van der Waals surface area contributed by atoms with E-state index < -0.39 is 24.5 Å². The van der Waals surface area contributed by atoms with Gasteiger partial charge in [-0.15, -0.1) is 0 Å². The fourth-order valence-corrected chi connectivity index (χ4v) is 2.33. The van der Waals surface area contributed by atoms with Gasteiger partial charge in [0.25, 0.3) is 0 Å². The van der Waals surface area contributed by atoms with E-state index in [2.05, 4.69) is 15.0 Å². The molecule has 2 aromatic heterocycles. The molecule has 1 aliphatic rings. The minimum atomic E-state index is -1.01. The van der Waals surface area contributed by atoms with Crippen LogP contribution in [0, 0.1) is 4.64 Å². The maximum absolute atomic E-state index is 9.95. The van der Waals surface area contributed by atoms with Crippen molar-refractivity contribution in [3.8, 4) is 0 Å². The largest absolute Gasteiger partial charge is 0.388 e. The molecule has 0 bridgehead atoms. The zero-order valence-electron chi connectivity index (χ0n) is 9.52. The Morgan fingerprint density at radius 1 is 1.39 bits per heavy atom. The normalized spacial score (nSPS) is 32.2. The zero-order valence-corrected chi connectivity index (χ0v) is 10.3. The molecule has 1 aliphatic heterocycles. The van der Waals surface area contributed by atoms with Crippen LogP contribution in [0.25, 0.3) is 11.2 Å². The Morgan fingerprint density at radius 2 is 2.17 bits per heavy atom. The molecule has 0 unspecified atom stereocenters. The Kier molecular flexibility index (Phi) is 2.67. The third kappa shape index (κ3) is 1.57. The summed E-state index contributed by atoms with van der Waals surface area (Å²) in [6.45, 7) is 1.71. The van der Waals surface area contributed by atoms with E-state index in [1.807, 2.05) is 0 Å². The van der Waals surface area contributed by atoms with Crippen molar-refractivity contribution >= 4 is 23.4 Å². The van der Waals surface area contributed by atoms with Crippen LogP contribution in [0.5, 0.6) is 0 Å². The maximum atomic E-state index is 9.95. The van der Waals surface area contributed by atoms with Crippen LogP contribution in [0.1, 0.15) is 13.2 Å². The van der Waals surface area contributed by atoms with Gasteiger partial charge in [-0.1, -0.05) is 12.2 Å². The molecule has 3 N–H and O–H groups in total. The number of hydrogen-bond donors (Lipinski definition) is 3. The fourth-order valence-electron chi connectivity index (χ4n) is 2.12. The van der Waals surface area contributed by atoms with Crippen LogP contribution < -0.4 is 0 Å². The van der Waals surface area contributed by atoms with E-state index in [4.69, 9.17) is 17.0 Å². The average molecular weight is 268 g/mol. The van der Waals surface area contributed by atoms with E-state index in [9.17, 15) is 10.2 Å². The second kappa shape index (κ2) is 4.09. The molecule has 0 aromatic carbocycles. The molecule has 0 aliphatic carbocycles. The number of aliphatic hydroxyl groups is 2. The van der Waals surface area contributed by atoms with Gasteiger partial charge in [-0.05, 0) is 6.92 Å². The number of hydrogen-bond acceptors (Lipinski definition) is 6. The van der Waals surface area contributed by atoms with Crippen molar-refractivity contribution in [2.24, 2.45) is 0 Å². The van der Waals surface area contributed by atoms with E-state index in [0.717, 1.165) is 0 Å². The number of ether oxygens (including phenoxy) is 1. The number of nitrogens with one attached hydrogen (secondary N) is 1. The average Bonchev–Trinajstić information content (AvgIpc) is 2.88. The number of nitrogens with zero attached hydrogens (tertiary/aromatic N) is 3. The molecule has 3 heterocycles. The molecule has 4 atom stereocenters. The topological polar surface area (TPSA) is 96.2 Å². The Morgan fingerprint density at radius 3 is 2.83 bits per heavy atom. The lowest BCUT2D eigenvalue weighted by Crippen LogP contribution is -2.30. The molecule has 0 saturated carbocycles. The molecular weight excluding hydrogens is 256 g/mol. The van der Waals surface area contributed by atoms with Gasteiger partial charge in [-0.25, -0.2) is 9.97 Å². The molecule has 7 nitrogen and oxygen atoms in total. The lowest BCUT2D eigenvalue weighted by molar-refractivity contribution is -0.0299. The first-order chi connectivity index (χ1) is 8.59. The molecule has 0 radical (unpaired) electrons. The van der Waals surface area contributed by atoms with Gasteiger partial charge < -0.3 is 19.9 Å². The van der Waals surface area contributed by atoms with Crippen LogP contribution in [0.15, 0.2) is 12.7 Å². The highest BCUT2D eigenvalue weighted by molar-refractivity contribution is 7.71. The zero-order chi connectivity index (χ0) is 12.9. The van der Waals surface area contributed by atoms with Gasteiger partial charge in [0.15, 0.2) is 10.9 Å². The maximum Gasteiger partial charge on any atom is 0.165 e. The van der Waals surface area contributed by atoms with Gasteiger partial charge in [-0.2, -0.15) is 0 Å². The summed E-state index contributed by atoms with van der Waals surface area (Å²) < 4.78 is 7.52. The number of aromatic nitrogens is 4. The smallest absolute Gasteiger partial charge is 0.165 e. The van der Waals surface area contributed by atoms with E-state index in [1.54, 1.807) is 11.5 Å². The first kappa shape index (κ1) is 11.7. The molecule has 18 heavy (non-hydrogen) atoms. The lowest BCUT2D eigenvalue weighted by Gasteiger charge is -2.16. The first-order valence-corrected chi connectivity index (χ1v) is 5.92. The number of aromatic amines is 1. The second-order valence-corrected chi connectivity index (χ2v) is 4.66. The van der Waals surface area contributed by atoms with Crippen molar-refractivity contribution in [3.05, 3.63) is 17.3 Å². The number of imidazole rings is 1. The summed E-state index contributed by atoms with van der Waals surface area (Å²) in [4.78, 5) is 11.0. The molecular formula is C10H12N4O3S. The van der Waals surface area contributed by atoms with Crippen LogP contribution in [0.2, 0.25) is 0 Å². The van der Waals surface area contributed by atoms with E-state index in [1.165, 1.54) is 12.7 Å². The second-order valence-electron chi connectivity index (χ2n) is 4.27. The van der Waals surface area contributed by atoms with Gasteiger partial charge in [-0.3, -0.25) is 4.57 Å². The highest BCUT2D eigenvalue weighted by Gasteiger charge is 2.41. The van der Waals surface area contributed by atoms with Gasteiger partial charge in [0.1, 0.15) is 23.4 Å². The summed E-state index contributed by atoms with van der Waals surface area (Å²) >= 11 is 5.06. The van der Waals surface area contributed by atoms with Crippen molar-refractivity contribution < 1.29 is 14.9 Å². The van der Waals surface area contributed by atoms with Crippen LogP contribution in [-0.4, -0.2) is 48.0 Å². The molecule has 3 rings (SSSR count). The summed E-state index contributed by atoms with van der Waals surface area (Å²) in [6, 6.07) is 0. The minimum absolute atomic E-state index is 0.378. The SMILES string of the molecule is C[C@H]1O[C@@H](n2cnc3c(=S)nc[nH]c32)[C@@H](O)[C@@H]1O. The summed E-state index contributed by atoms with van der Waals surface area (Å²) in [7, 11) is 0. The summed E-state index contributed by atoms with van der Waals surface area (Å²) in [5.74, 6) is 0. The molecule has 8 heteroatoms. The molecule has 1 saturated heterocycles. The molecule has 1 fully saturated rings. The first-order valence-electron chi connectivity index (χ1n) is 5.51. The number of aliphatic hydroxyl groups excluding tert-OH is 2. The summed E-state index contributed by atoms with van der Waals surface area (Å²) in [5.41, 5.74) is 1.15. The standard InChI is InChI=1S/C10H12N4O3S/c1-4-6(15)7(16)10(17-4)14-3-13-5-8(14)11-2-12-9(5)18/h2-4,6-7,10,15-16H,1H3,(H,11,12,18)/t4-,6-,7+,10-/m1/s1. The minimum Gasteiger partial charge on any atom is -0.388 e. The van der Waals surface area contributed by atoms with Crippen molar-refractivity contribution in [2.45, 2.75) is 31.5 Å². The Hall–Kier alpha value is -1.35. The molecule has 0 amide bonds. The van der Waals surface area contributed by atoms with Crippen LogP contribution >= 0.6 is 12.2 Å². The number of H-pyrrole nitrogens is 1. The highest BCUT2D eigenvalue weighted by atomic mass is 32.1. The summed E-state index contributed by atoms with van der Waals surface area (Å²) in [5, 5.41) is 19.7. The van der Waals surface area contributed by atoms with Crippen molar-refractivity contribution in [3.63, 3.8) is 0 Å². The van der Waals surface area contributed by atoms with Gasteiger partial charge in [0.2, 0.25) is 0 Å². The van der Waals surface area contributed by atoms with E-state index >= 15 is 0 Å². The Balaban J connectivity index is 2.11. The summed E-state index contributed by atoms with van der Waals surface area (Å²) in [6.07, 6.45) is -0.0773. The van der Waals surface area contributed by atoms with Crippen molar-refractivity contribution in [1.29, 1.82) is 0 Å². The molecule has 2 aromatic rings.